The van der Waals surface area contributed by atoms with Gasteiger partial charge in [-0.05, 0) is 35.2 Å². The third-order valence-electron chi connectivity index (χ3n) is 2.78. The smallest absolute Gasteiger partial charge is 0.0738 e. The van der Waals surface area contributed by atoms with E-state index in [0.29, 0.717) is 0 Å². The second-order valence-electron chi connectivity index (χ2n) is 5.37. The van der Waals surface area contributed by atoms with Gasteiger partial charge in [-0.2, -0.15) is 0 Å². The molecule has 2 rings (SSSR count). The van der Waals surface area contributed by atoms with Gasteiger partial charge in [0.15, 0.2) is 0 Å². The average molecular weight is 388 g/mol. The van der Waals surface area contributed by atoms with Crippen molar-refractivity contribution in [3.05, 3.63) is 56.2 Å². The fourth-order valence-corrected chi connectivity index (χ4v) is 3.76. The Balaban J connectivity index is 2.26. The summed E-state index contributed by atoms with van der Waals surface area (Å²) in [5, 5.41) is 0. The maximum atomic E-state index is 3.79. The van der Waals surface area contributed by atoms with Gasteiger partial charge in [0.25, 0.3) is 0 Å². The van der Waals surface area contributed by atoms with Crippen LogP contribution in [0.3, 0.4) is 0 Å². The fraction of sp³-hybridized carbons (Fsp3) is 0.333. The molecule has 2 aromatic rings. The predicted octanol–water partition coefficient (Wildman–Crippen LogP) is 6.29. The second kappa shape index (κ2) is 5.48. The van der Waals surface area contributed by atoms with E-state index in [4.69, 9.17) is 0 Å². The van der Waals surface area contributed by atoms with Gasteiger partial charge in [-0.1, -0.05) is 64.8 Å². The van der Waals surface area contributed by atoms with Gasteiger partial charge in [-0.3, -0.25) is 0 Å². The maximum absolute atomic E-state index is 3.79. The SMILES string of the molecule is CC(C)(C)c1ccc(C(Br)c2ccc(Br)cc2)s1. The summed E-state index contributed by atoms with van der Waals surface area (Å²) in [7, 11) is 0. The van der Waals surface area contributed by atoms with Crippen molar-refractivity contribution in [2.75, 3.05) is 0 Å². The number of rotatable bonds is 2. The highest BCUT2D eigenvalue weighted by Gasteiger charge is 2.19. The molecule has 0 fully saturated rings. The van der Waals surface area contributed by atoms with E-state index >= 15 is 0 Å². The number of benzene rings is 1. The van der Waals surface area contributed by atoms with E-state index in [-0.39, 0.29) is 10.2 Å². The summed E-state index contributed by atoms with van der Waals surface area (Å²) in [5.41, 5.74) is 1.52. The number of halogens is 2. The van der Waals surface area contributed by atoms with Crippen LogP contribution in [0.1, 0.15) is 40.9 Å². The van der Waals surface area contributed by atoms with Gasteiger partial charge in [-0.15, -0.1) is 11.3 Å². The standard InChI is InChI=1S/C15H16Br2S/c1-15(2,3)13-9-8-12(18-13)14(17)10-4-6-11(16)7-5-10/h4-9,14H,1-3H3. The molecule has 1 atom stereocenters. The van der Waals surface area contributed by atoms with E-state index in [0.717, 1.165) is 4.47 Å². The zero-order valence-electron chi connectivity index (χ0n) is 10.7. The summed E-state index contributed by atoms with van der Waals surface area (Å²) in [6.45, 7) is 6.77. The lowest BCUT2D eigenvalue weighted by molar-refractivity contribution is 0.604. The van der Waals surface area contributed by atoms with E-state index in [1.807, 2.05) is 11.3 Å². The van der Waals surface area contributed by atoms with Crippen molar-refractivity contribution in [3.63, 3.8) is 0 Å². The van der Waals surface area contributed by atoms with Crippen molar-refractivity contribution in [2.24, 2.45) is 0 Å². The molecular formula is C15H16Br2S. The molecule has 0 spiro atoms. The molecule has 0 aliphatic heterocycles. The molecule has 0 bridgehead atoms. The van der Waals surface area contributed by atoms with Crippen molar-refractivity contribution in [3.8, 4) is 0 Å². The number of hydrogen-bond donors (Lipinski definition) is 0. The van der Waals surface area contributed by atoms with Gasteiger partial charge in [0.1, 0.15) is 0 Å². The summed E-state index contributed by atoms with van der Waals surface area (Å²) in [4.78, 5) is 3.08. The first-order chi connectivity index (χ1) is 8.38. The minimum absolute atomic E-state index is 0.232. The molecule has 3 heteroatoms. The van der Waals surface area contributed by atoms with Crippen LogP contribution in [-0.2, 0) is 5.41 Å². The Kier molecular flexibility index (Phi) is 4.35. The first-order valence-electron chi connectivity index (χ1n) is 5.87. The van der Waals surface area contributed by atoms with Crippen LogP contribution in [0, 0.1) is 0 Å². The fourth-order valence-electron chi connectivity index (χ4n) is 1.69. The zero-order chi connectivity index (χ0) is 13.3. The highest BCUT2D eigenvalue weighted by Crippen LogP contribution is 2.38. The van der Waals surface area contributed by atoms with Gasteiger partial charge >= 0.3 is 0 Å². The minimum atomic E-state index is 0.232. The lowest BCUT2D eigenvalue weighted by Gasteiger charge is -2.15. The lowest BCUT2D eigenvalue weighted by atomic mass is 9.95. The highest BCUT2D eigenvalue weighted by atomic mass is 79.9. The number of alkyl halides is 1. The molecule has 96 valence electrons. The Morgan fingerprint density at radius 2 is 1.61 bits per heavy atom. The van der Waals surface area contributed by atoms with E-state index < -0.39 is 0 Å². The summed E-state index contributed by atoms with van der Waals surface area (Å²) in [5.74, 6) is 0. The molecule has 18 heavy (non-hydrogen) atoms. The Labute approximate surface area is 130 Å². The molecular weight excluding hydrogens is 372 g/mol. The molecule has 0 amide bonds. The molecule has 0 N–H and O–H groups in total. The monoisotopic (exact) mass is 386 g/mol. The second-order valence-corrected chi connectivity index (χ2v) is 8.31. The van der Waals surface area contributed by atoms with Crippen molar-refractivity contribution in [1.82, 2.24) is 0 Å². The van der Waals surface area contributed by atoms with Crippen LogP contribution in [0.2, 0.25) is 0 Å². The largest absolute Gasteiger partial charge is 0.143 e. The van der Waals surface area contributed by atoms with Crippen molar-refractivity contribution < 1.29 is 0 Å². The normalized spacial score (nSPS) is 13.6. The molecule has 0 saturated heterocycles. The van der Waals surface area contributed by atoms with Crippen LogP contribution in [0.15, 0.2) is 40.9 Å². The third kappa shape index (κ3) is 3.25. The van der Waals surface area contributed by atoms with Crippen molar-refractivity contribution >= 4 is 43.2 Å². The highest BCUT2D eigenvalue weighted by molar-refractivity contribution is 9.10. The summed E-state index contributed by atoms with van der Waals surface area (Å²) < 4.78 is 1.12. The first kappa shape index (κ1) is 14.3. The van der Waals surface area contributed by atoms with Gasteiger partial charge in [0.2, 0.25) is 0 Å². The molecule has 1 aromatic heterocycles. The van der Waals surface area contributed by atoms with Crippen LogP contribution < -0.4 is 0 Å². The van der Waals surface area contributed by atoms with E-state index in [1.54, 1.807) is 0 Å². The van der Waals surface area contributed by atoms with Gasteiger partial charge in [0.05, 0.1) is 4.83 Å². The maximum Gasteiger partial charge on any atom is 0.0738 e. The molecule has 1 unspecified atom stereocenters. The third-order valence-corrected chi connectivity index (χ3v) is 6.21. The first-order valence-corrected chi connectivity index (χ1v) is 8.40. The van der Waals surface area contributed by atoms with E-state index in [2.05, 4.69) is 89.0 Å². The molecule has 0 aliphatic carbocycles. The zero-order valence-corrected chi connectivity index (χ0v) is 14.7. The summed E-state index contributed by atoms with van der Waals surface area (Å²) >= 11 is 9.15. The molecule has 0 nitrogen and oxygen atoms in total. The topological polar surface area (TPSA) is 0 Å². The summed E-state index contributed by atoms with van der Waals surface area (Å²) in [6, 6.07) is 12.9. The average Bonchev–Trinajstić information content (AvgIpc) is 2.78. The van der Waals surface area contributed by atoms with Crippen LogP contribution in [0.4, 0.5) is 0 Å². The Morgan fingerprint density at radius 3 is 2.11 bits per heavy atom. The molecule has 1 heterocycles. The predicted molar refractivity (Wildman–Crippen MR) is 87.9 cm³/mol. The Bertz CT molecular complexity index is 520. The number of thiophene rings is 1. The molecule has 0 radical (unpaired) electrons. The van der Waals surface area contributed by atoms with Gasteiger partial charge < -0.3 is 0 Å². The quantitative estimate of drug-likeness (QED) is 0.531. The van der Waals surface area contributed by atoms with Crippen LogP contribution in [0.5, 0.6) is 0 Å². The van der Waals surface area contributed by atoms with Crippen LogP contribution in [0.25, 0.3) is 0 Å². The molecule has 0 aliphatic rings. The minimum Gasteiger partial charge on any atom is -0.143 e. The van der Waals surface area contributed by atoms with E-state index in [9.17, 15) is 0 Å². The van der Waals surface area contributed by atoms with Crippen LogP contribution in [-0.4, -0.2) is 0 Å². The Hall–Kier alpha value is -0.120. The van der Waals surface area contributed by atoms with Crippen LogP contribution >= 0.6 is 43.2 Å². The number of hydrogen-bond acceptors (Lipinski definition) is 1. The van der Waals surface area contributed by atoms with Gasteiger partial charge in [-0.25, -0.2) is 0 Å². The van der Waals surface area contributed by atoms with Gasteiger partial charge in [0, 0.05) is 14.2 Å². The molecule has 0 saturated carbocycles. The van der Waals surface area contributed by atoms with Crippen molar-refractivity contribution in [1.29, 1.82) is 0 Å². The van der Waals surface area contributed by atoms with E-state index in [1.165, 1.54) is 15.3 Å². The van der Waals surface area contributed by atoms with Crippen molar-refractivity contribution in [2.45, 2.75) is 31.0 Å². The molecule has 1 aromatic carbocycles. The summed E-state index contributed by atoms with van der Waals surface area (Å²) in [6.07, 6.45) is 0. The Morgan fingerprint density at radius 1 is 1.00 bits per heavy atom. The lowest BCUT2D eigenvalue weighted by Crippen LogP contribution is -2.07.